The molecule has 0 bridgehead atoms. The van der Waals surface area contributed by atoms with Gasteiger partial charge in [0.15, 0.2) is 0 Å². The van der Waals surface area contributed by atoms with Crippen LogP contribution in [-0.2, 0) is 0 Å². The molecule has 4 heteroatoms. The summed E-state index contributed by atoms with van der Waals surface area (Å²) in [5.74, 6) is -0.877. The maximum absolute atomic E-state index is 11.1. The van der Waals surface area contributed by atoms with Crippen LogP contribution in [-0.4, -0.2) is 16.1 Å². The van der Waals surface area contributed by atoms with E-state index in [1.807, 2.05) is 37.3 Å². The Morgan fingerprint density at radius 1 is 1.26 bits per heavy atom. The van der Waals surface area contributed by atoms with Gasteiger partial charge in [-0.15, -0.1) is 11.3 Å². The summed E-state index contributed by atoms with van der Waals surface area (Å²) >= 11 is 1.31. The van der Waals surface area contributed by atoms with Gasteiger partial charge in [-0.05, 0) is 30.7 Å². The first kappa shape index (κ1) is 11.9. The van der Waals surface area contributed by atoms with Crippen LogP contribution in [0.4, 0.5) is 0 Å². The van der Waals surface area contributed by atoms with Crippen LogP contribution in [0.15, 0.2) is 42.6 Å². The minimum Gasteiger partial charge on any atom is -0.477 e. The van der Waals surface area contributed by atoms with E-state index in [9.17, 15) is 4.79 Å². The molecule has 0 fully saturated rings. The number of aromatic carboxylic acids is 1. The molecule has 3 nitrogen and oxygen atoms in total. The maximum Gasteiger partial charge on any atom is 0.345 e. The van der Waals surface area contributed by atoms with Crippen molar-refractivity contribution >= 4 is 28.2 Å². The fourth-order valence-electron chi connectivity index (χ4n) is 2.16. The molecule has 1 N–H and O–H groups in total. The van der Waals surface area contributed by atoms with Gasteiger partial charge < -0.3 is 5.11 Å². The van der Waals surface area contributed by atoms with E-state index in [-0.39, 0.29) is 0 Å². The lowest BCUT2D eigenvalue weighted by molar-refractivity contribution is 0.0702. The number of thiophene rings is 1. The zero-order chi connectivity index (χ0) is 13.4. The average Bonchev–Trinajstić information content (AvgIpc) is 2.80. The van der Waals surface area contributed by atoms with Crippen LogP contribution in [0.25, 0.3) is 21.3 Å². The molecule has 0 aliphatic carbocycles. The number of rotatable bonds is 2. The number of benzene rings is 1. The highest BCUT2D eigenvalue weighted by Crippen LogP contribution is 2.36. The molecule has 19 heavy (non-hydrogen) atoms. The van der Waals surface area contributed by atoms with Crippen molar-refractivity contribution in [2.75, 3.05) is 0 Å². The number of carbonyl (C=O) groups is 1. The van der Waals surface area contributed by atoms with Gasteiger partial charge in [0.05, 0.1) is 5.52 Å². The van der Waals surface area contributed by atoms with Gasteiger partial charge in [0.25, 0.3) is 0 Å². The molecule has 1 aromatic carbocycles. The summed E-state index contributed by atoms with van der Waals surface area (Å²) in [4.78, 5) is 16.8. The summed E-state index contributed by atoms with van der Waals surface area (Å²) in [7, 11) is 0. The van der Waals surface area contributed by atoms with Gasteiger partial charge in [-0.3, -0.25) is 4.98 Å². The minimum absolute atomic E-state index is 0.369. The van der Waals surface area contributed by atoms with Crippen molar-refractivity contribution in [3.05, 3.63) is 53.0 Å². The highest BCUT2D eigenvalue weighted by molar-refractivity contribution is 7.17. The Kier molecular flexibility index (Phi) is 2.80. The number of hydrogen-bond donors (Lipinski definition) is 1. The summed E-state index contributed by atoms with van der Waals surface area (Å²) in [6.07, 6.45) is 1.76. The lowest BCUT2D eigenvalue weighted by Crippen LogP contribution is -1.89. The number of nitrogens with zero attached hydrogens (tertiary/aromatic N) is 1. The second kappa shape index (κ2) is 4.48. The van der Waals surface area contributed by atoms with E-state index in [4.69, 9.17) is 5.11 Å². The Balaban J connectivity index is 2.27. The Hall–Kier alpha value is -2.20. The summed E-state index contributed by atoms with van der Waals surface area (Å²) in [5.41, 5.74) is 2.95. The zero-order valence-corrected chi connectivity index (χ0v) is 11.1. The second-order valence-corrected chi connectivity index (χ2v) is 5.36. The molecule has 0 unspecified atom stereocenters. The topological polar surface area (TPSA) is 50.2 Å². The van der Waals surface area contributed by atoms with Gasteiger partial charge in [-0.25, -0.2) is 4.79 Å². The van der Waals surface area contributed by atoms with Crippen molar-refractivity contribution in [3.63, 3.8) is 0 Å². The molecule has 0 saturated heterocycles. The van der Waals surface area contributed by atoms with E-state index in [1.165, 1.54) is 11.3 Å². The quantitative estimate of drug-likeness (QED) is 0.765. The van der Waals surface area contributed by atoms with Crippen LogP contribution in [0.2, 0.25) is 0 Å². The van der Waals surface area contributed by atoms with Crippen LogP contribution in [0.1, 0.15) is 15.2 Å². The van der Waals surface area contributed by atoms with Crippen molar-refractivity contribution in [3.8, 4) is 10.4 Å². The van der Waals surface area contributed by atoms with Gasteiger partial charge in [-0.1, -0.05) is 18.2 Å². The lowest BCUT2D eigenvalue weighted by atomic mass is 10.0. The van der Waals surface area contributed by atoms with Gasteiger partial charge in [-0.2, -0.15) is 0 Å². The molecule has 0 radical (unpaired) electrons. The van der Waals surface area contributed by atoms with Crippen molar-refractivity contribution in [1.29, 1.82) is 0 Å². The molecule has 0 aliphatic rings. The predicted molar refractivity (Wildman–Crippen MR) is 76.8 cm³/mol. The van der Waals surface area contributed by atoms with Gasteiger partial charge >= 0.3 is 5.97 Å². The molecule has 0 atom stereocenters. The monoisotopic (exact) mass is 269 g/mol. The highest BCUT2D eigenvalue weighted by atomic mass is 32.1. The van der Waals surface area contributed by atoms with Crippen LogP contribution in [0.5, 0.6) is 0 Å². The summed E-state index contributed by atoms with van der Waals surface area (Å²) in [5, 5.41) is 10.1. The number of carboxylic acids is 1. The minimum atomic E-state index is -0.877. The van der Waals surface area contributed by atoms with Crippen LogP contribution >= 0.6 is 11.3 Å². The first-order valence-electron chi connectivity index (χ1n) is 5.84. The third kappa shape index (κ3) is 2.00. The largest absolute Gasteiger partial charge is 0.477 e. The number of pyridine rings is 1. The Morgan fingerprint density at radius 3 is 2.84 bits per heavy atom. The molecular formula is C15H11NO2S. The first-order valence-corrected chi connectivity index (χ1v) is 6.66. The van der Waals surface area contributed by atoms with Crippen molar-refractivity contribution < 1.29 is 9.90 Å². The van der Waals surface area contributed by atoms with E-state index >= 15 is 0 Å². The molecule has 0 aliphatic heterocycles. The molecule has 0 amide bonds. The number of carboxylic acid groups (broad SMARTS) is 1. The molecule has 3 rings (SSSR count). The SMILES string of the molecule is Cc1cc(C(=O)O)sc1-c1cccc2ncccc12. The zero-order valence-electron chi connectivity index (χ0n) is 10.3. The number of aryl methyl sites for hydroxylation is 1. The van der Waals surface area contributed by atoms with Crippen molar-refractivity contribution in [1.82, 2.24) is 4.98 Å². The van der Waals surface area contributed by atoms with Crippen LogP contribution in [0, 0.1) is 6.92 Å². The number of fused-ring (bicyclic) bond motifs is 1. The van der Waals surface area contributed by atoms with Crippen LogP contribution in [0.3, 0.4) is 0 Å². The Morgan fingerprint density at radius 2 is 2.11 bits per heavy atom. The second-order valence-electron chi connectivity index (χ2n) is 4.30. The first-order chi connectivity index (χ1) is 9.16. The van der Waals surface area contributed by atoms with Crippen molar-refractivity contribution in [2.24, 2.45) is 0 Å². The standard InChI is InChI=1S/C15H11NO2S/c1-9-8-13(15(17)18)19-14(9)11-4-2-6-12-10(11)5-3-7-16-12/h2-8H,1H3,(H,17,18). The normalized spacial score (nSPS) is 10.8. The van der Waals surface area contributed by atoms with E-state index in [2.05, 4.69) is 4.98 Å². The summed E-state index contributed by atoms with van der Waals surface area (Å²) in [6, 6.07) is 11.5. The molecule has 0 spiro atoms. The number of hydrogen-bond acceptors (Lipinski definition) is 3. The maximum atomic E-state index is 11.1. The molecule has 94 valence electrons. The summed E-state index contributed by atoms with van der Waals surface area (Å²) in [6.45, 7) is 1.94. The van der Waals surface area contributed by atoms with Gasteiger partial charge in [0.2, 0.25) is 0 Å². The smallest absolute Gasteiger partial charge is 0.345 e. The van der Waals surface area contributed by atoms with E-state index in [1.54, 1.807) is 12.3 Å². The van der Waals surface area contributed by atoms with Gasteiger partial charge in [0.1, 0.15) is 4.88 Å². The fraction of sp³-hybridized carbons (Fsp3) is 0.0667. The third-order valence-corrected chi connectivity index (χ3v) is 4.28. The molecule has 0 saturated carbocycles. The average molecular weight is 269 g/mol. The van der Waals surface area contributed by atoms with Gasteiger partial charge in [0, 0.05) is 22.0 Å². The third-order valence-electron chi connectivity index (χ3n) is 3.02. The van der Waals surface area contributed by atoms with E-state index in [0.29, 0.717) is 4.88 Å². The molecule has 3 aromatic rings. The predicted octanol–water partition coefficient (Wildman–Crippen LogP) is 3.97. The summed E-state index contributed by atoms with van der Waals surface area (Å²) < 4.78 is 0. The van der Waals surface area contributed by atoms with E-state index in [0.717, 1.165) is 26.9 Å². The molecule has 2 aromatic heterocycles. The van der Waals surface area contributed by atoms with Crippen LogP contribution < -0.4 is 0 Å². The van der Waals surface area contributed by atoms with Crippen molar-refractivity contribution in [2.45, 2.75) is 6.92 Å². The Labute approximate surface area is 114 Å². The lowest BCUT2D eigenvalue weighted by Gasteiger charge is -2.04. The highest BCUT2D eigenvalue weighted by Gasteiger charge is 2.14. The fourth-order valence-corrected chi connectivity index (χ4v) is 3.21. The molecular weight excluding hydrogens is 258 g/mol. The Bertz CT molecular complexity index is 771. The molecule has 2 heterocycles. The van der Waals surface area contributed by atoms with E-state index < -0.39 is 5.97 Å². The number of aromatic nitrogens is 1.